The second-order valence-corrected chi connectivity index (χ2v) is 5.89. The van der Waals surface area contributed by atoms with Crippen LogP contribution in [0.5, 0.6) is 17.2 Å². The van der Waals surface area contributed by atoms with Gasteiger partial charge in [-0.15, -0.1) is 0 Å². The third-order valence-corrected chi connectivity index (χ3v) is 4.38. The summed E-state index contributed by atoms with van der Waals surface area (Å²) in [7, 11) is 1.46. The maximum Gasteiger partial charge on any atom is 0.344 e. The minimum atomic E-state index is -0.459. The molecule has 0 bridgehead atoms. The fraction of sp³-hybridized carbons (Fsp3) is 0.0455. The molecule has 0 spiro atoms. The number of methoxy groups -OCH3 is 1. The van der Waals surface area contributed by atoms with E-state index >= 15 is 0 Å². The lowest BCUT2D eigenvalue weighted by Gasteiger charge is -2.13. The summed E-state index contributed by atoms with van der Waals surface area (Å²) in [4.78, 5) is 12.8. The molecule has 4 rings (SSSR count). The number of carbonyl (C=O) groups is 1. The molecule has 0 unspecified atom stereocenters. The van der Waals surface area contributed by atoms with Gasteiger partial charge in [0.15, 0.2) is 11.5 Å². The van der Waals surface area contributed by atoms with Gasteiger partial charge in [-0.2, -0.15) is 0 Å². The molecule has 4 aromatic carbocycles. The van der Waals surface area contributed by atoms with Gasteiger partial charge in [0.05, 0.1) is 12.7 Å². The molecule has 4 aromatic rings. The van der Waals surface area contributed by atoms with E-state index in [0.717, 1.165) is 10.8 Å². The highest BCUT2D eigenvalue weighted by Crippen LogP contribution is 2.40. The molecule has 0 atom stereocenters. The van der Waals surface area contributed by atoms with Crippen LogP contribution < -0.4 is 9.47 Å². The van der Waals surface area contributed by atoms with Crippen LogP contribution in [0.1, 0.15) is 10.4 Å². The molecule has 0 aromatic heterocycles. The number of benzene rings is 4. The number of hydrogen-bond donors (Lipinski definition) is 1. The summed E-state index contributed by atoms with van der Waals surface area (Å²) in [5.74, 6) is 0.158. The molecule has 0 aliphatic heterocycles. The number of phenols is 1. The average Bonchev–Trinajstić information content (AvgIpc) is 2.69. The van der Waals surface area contributed by atoms with Gasteiger partial charge < -0.3 is 14.6 Å². The second kappa shape index (κ2) is 6.41. The molecule has 0 saturated heterocycles. The lowest BCUT2D eigenvalue weighted by molar-refractivity contribution is 0.0739. The van der Waals surface area contributed by atoms with Crippen molar-refractivity contribution in [2.75, 3.05) is 7.11 Å². The van der Waals surface area contributed by atoms with Crippen LogP contribution in [0, 0.1) is 0 Å². The Morgan fingerprint density at radius 2 is 1.46 bits per heavy atom. The van der Waals surface area contributed by atoms with Crippen LogP contribution in [0.15, 0.2) is 72.8 Å². The third-order valence-electron chi connectivity index (χ3n) is 4.38. The predicted molar refractivity (Wildman–Crippen MR) is 101 cm³/mol. The number of rotatable bonds is 3. The molecule has 0 saturated carbocycles. The summed E-state index contributed by atoms with van der Waals surface area (Å²) in [5.41, 5.74) is 0.485. The highest BCUT2D eigenvalue weighted by atomic mass is 16.5. The molecule has 0 aliphatic carbocycles. The fourth-order valence-electron chi connectivity index (χ4n) is 3.10. The first-order chi connectivity index (χ1) is 12.7. The molecule has 0 radical (unpaired) electrons. The SMILES string of the molecule is COc1cc(OC(=O)c2cccc3ccccc23)c2ccccc2c1O. The van der Waals surface area contributed by atoms with E-state index in [4.69, 9.17) is 9.47 Å². The van der Waals surface area contributed by atoms with Crippen molar-refractivity contribution >= 4 is 27.5 Å². The Balaban J connectivity index is 1.82. The second-order valence-electron chi connectivity index (χ2n) is 5.89. The number of ether oxygens (including phenoxy) is 2. The number of hydrogen-bond acceptors (Lipinski definition) is 4. The summed E-state index contributed by atoms with van der Waals surface area (Å²) in [6, 6.07) is 21.9. The zero-order valence-corrected chi connectivity index (χ0v) is 14.1. The third kappa shape index (κ3) is 2.62. The van der Waals surface area contributed by atoms with Gasteiger partial charge in [-0.3, -0.25) is 0 Å². The lowest BCUT2D eigenvalue weighted by atomic mass is 10.0. The van der Waals surface area contributed by atoms with Crippen molar-refractivity contribution in [2.24, 2.45) is 0 Å². The lowest BCUT2D eigenvalue weighted by Crippen LogP contribution is -2.09. The summed E-state index contributed by atoms with van der Waals surface area (Å²) in [6.45, 7) is 0. The highest BCUT2D eigenvalue weighted by molar-refractivity contribution is 6.06. The molecule has 0 aliphatic rings. The van der Waals surface area contributed by atoms with Crippen LogP contribution in [-0.4, -0.2) is 18.2 Å². The Labute approximate surface area is 150 Å². The van der Waals surface area contributed by atoms with Crippen LogP contribution >= 0.6 is 0 Å². The van der Waals surface area contributed by atoms with Crippen molar-refractivity contribution in [1.29, 1.82) is 0 Å². The van der Waals surface area contributed by atoms with E-state index < -0.39 is 5.97 Å². The van der Waals surface area contributed by atoms with Gasteiger partial charge in [0, 0.05) is 16.8 Å². The smallest absolute Gasteiger partial charge is 0.344 e. The van der Waals surface area contributed by atoms with Crippen LogP contribution in [0.3, 0.4) is 0 Å². The fourth-order valence-corrected chi connectivity index (χ4v) is 3.10. The molecule has 0 amide bonds. The normalized spacial score (nSPS) is 10.8. The van der Waals surface area contributed by atoms with E-state index in [9.17, 15) is 9.90 Å². The number of esters is 1. The zero-order chi connectivity index (χ0) is 18.1. The Hall–Kier alpha value is -3.53. The van der Waals surface area contributed by atoms with Crippen molar-refractivity contribution in [3.05, 3.63) is 78.4 Å². The standard InChI is InChI=1S/C22H16O4/c1-25-20-13-19(16-10-4-5-11-17(16)21(20)23)26-22(24)18-12-6-8-14-7-2-3-9-15(14)18/h2-13,23H,1H3. The first-order valence-electron chi connectivity index (χ1n) is 8.17. The van der Waals surface area contributed by atoms with Crippen LogP contribution in [-0.2, 0) is 0 Å². The molecule has 128 valence electrons. The number of fused-ring (bicyclic) bond motifs is 2. The van der Waals surface area contributed by atoms with Gasteiger partial charge in [-0.1, -0.05) is 60.7 Å². The first-order valence-corrected chi connectivity index (χ1v) is 8.17. The highest BCUT2D eigenvalue weighted by Gasteiger charge is 2.17. The number of aromatic hydroxyl groups is 1. The van der Waals surface area contributed by atoms with Crippen LogP contribution in [0.2, 0.25) is 0 Å². The van der Waals surface area contributed by atoms with Gasteiger partial charge in [0.25, 0.3) is 0 Å². The van der Waals surface area contributed by atoms with E-state index in [-0.39, 0.29) is 11.5 Å². The molecular formula is C22H16O4. The van der Waals surface area contributed by atoms with Gasteiger partial charge >= 0.3 is 5.97 Å². The number of carbonyl (C=O) groups excluding carboxylic acids is 1. The molecule has 1 N–H and O–H groups in total. The average molecular weight is 344 g/mol. The molecule has 0 fully saturated rings. The van der Waals surface area contributed by atoms with Gasteiger partial charge in [-0.05, 0) is 16.8 Å². The largest absolute Gasteiger partial charge is 0.504 e. The van der Waals surface area contributed by atoms with E-state index in [1.165, 1.54) is 13.2 Å². The Bertz CT molecular complexity index is 1130. The first kappa shape index (κ1) is 16.0. The maximum absolute atomic E-state index is 12.8. The van der Waals surface area contributed by atoms with Crippen molar-refractivity contribution in [3.8, 4) is 17.2 Å². The maximum atomic E-state index is 12.8. The topological polar surface area (TPSA) is 55.8 Å². The van der Waals surface area contributed by atoms with Crippen molar-refractivity contribution in [2.45, 2.75) is 0 Å². The minimum Gasteiger partial charge on any atom is -0.504 e. The Morgan fingerprint density at radius 3 is 2.23 bits per heavy atom. The van der Waals surface area contributed by atoms with Gasteiger partial charge in [0.2, 0.25) is 0 Å². The minimum absolute atomic E-state index is 0.0214. The van der Waals surface area contributed by atoms with Crippen molar-refractivity contribution < 1.29 is 19.4 Å². The van der Waals surface area contributed by atoms with Crippen LogP contribution in [0.4, 0.5) is 0 Å². The summed E-state index contributed by atoms with van der Waals surface area (Å²) < 4.78 is 10.9. The van der Waals surface area contributed by atoms with E-state index in [2.05, 4.69) is 0 Å². The predicted octanol–water partition coefficient (Wildman–Crippen LogP) is 4.93. The Morgan fingerprint density at radius 1 is 0.808 bits per heavy atom. The zero-order valence-electron chi connectivity index (χ0n) is 14.1. The van der Waals surface area contributed by atoms with E-state index in [1.807, 2.05) is 42.5 Å². The van der Waals surface area contributed by atoms with E-state index in [1.54, 1.807) is 24.3 Å². The van der Waals surface area contributed by atoms with E-state index in [0.29, 0.717) is 22.1 Å². The summed E-state index contributed by atoms with van der Waals surface area (Å²) in [5, 5.41) is 13.3. The molecule has 4 nitrogen and oxygen atoms in total. The van der Waals surface area contributed by atoms with Crippen molar-refractivity contribution in [3.63, 3.8) is 0 Å². The molecule has 26 heavy (non-hydrogen) atoms. The molecule has 4 heteroatoms. The van der Waals surface area contributed by atoms with Gasteiger partial charge in [0.1, 0.15) is 5.75 Å². The quantitative estimate of drug-likeness (QED) is 0.423. The Kier molecular flexibility index (Phi) is 3.93. The molecule has 0 heterocycles. The summed E-state index contributed by atoms with van der Waals surface area (Å²) in [6.07, 6.45) is 0. The van der Waals surface area contributed by atoms with Crippen LogP contribution in [0.25, 0.3) is 21.5 Å². The van der Waals surface area contributed by atoms with Crippen molar-refractivity contribution in [1.82, 2.24) is 0 Å². The number of phenolic OH excluding ortho intramolecular Hbond substituents is 1. The molecular weight excluding hydrogens is 328 g/mol. The monoisotopic (exact) mass is 344 g/mol. The van der Waals surface area contributed by atoms with Gasteiger partial charge in [-0.25, -0.2) is 4.79 Å². The summed E-state index contributed by atoms with van der Waals surface area (Å²) >= 11 is 0.